The zero-order chi connectivity index (χ0) is 32.2. The zero-order valence-electron chi connectivity index (χ0n) is 29.0. The first-order valence-corrected chi connectivity index (χ1v) is 19.3. The van der Waals surface area contributed by atoms with E-state index in [4.69, 9.17) is 0 Å². The van der Waals surface area contributed by atoms with Crippen LogP contribution in [0.2, 0.25) is 0 Å². The molecule has 0 N–H and O–H groups in total. The Balaban J connectivity index is 0.00000172. The Morgan fingerprint density at radius 2 is 1.60 bits per heavy atom. The minimum atomic E-state index is 0.357. The summed E-state index contributed by atoms with van der Waals surface area (Å²) in [4.78, 5) is 16.0. The molecule has 3 saturated carbocycles. The number of benzene rings is 2. The molecular weight excluding hydrogens is 571 g/mol. The Morgan fingerprint density at radius 3 is 2.38 bits per heavy atom. The third-order valence-electron chi connectivity index (χ3n) is 12.3. The van der Waals surface area contributed by atoms with E-state index in [0.29, 0.717) is 24.0 Å². The average molecular weight is 628 g/mol. The van der Waals surface area contributed by atoms with Crippen LogP contribution in [-0.4, -0.2) is 30.3 Å². The third-order valence-corrected chi connectivity index (χ3v) is 12.3. The Kier molecular flexibility index (Phi) is 10.4. The summed E-state index contributed by atoms with van der Waals surface area (Å²) in [6.45, 7) is 7.42. The van der Waals surface area contributed by atoms with Crippen LogP contribution in [0.1, 0.15) is 105 Å². The van der Waals surface area contributed by atoms with Crippen LogP contribution in [0.3, 0.4) is 0 Å². The molecule has 6 aliphatic rings. The van der Waals surface area contributed by atoms with Crippen molar-refractivity contribution in [3.8, 4) is 0 Å². The minimum absolute atomic E-state index is 0.357. The molecule has 5 aliphatic carbocycles. The summed E-state index contributed by atoms with van der Waals surface area (Å²) < 4.78 is 0. The summed E-state index contributed by atoms with van der Waals surface area (Å²) in [5, 5.41) is 0. The van der Waals surface area contributed by atoms with Crippen molar-refractivity contribution in [3.63, 3.8) is 0 Å². The average Bonchev–Trinajstić information content (AvgIpc) is 4.06. The Hall–Kier alpha value is -2.97. The van der Waals surface area contributed by atoms with Crippen LogP contribution < -0.4 is 0 Å². The lowest BCUT2D eigenvalue weighted by molar-refractivity contribution is 0.0931. The number of fused-ring (bicyclic) bond motifs is 2. The SMILES string of the molecule is CC.O=C(CC1CCN(CC2=CC=CC3CC23)CC1)c1cccc(CC2CCC(CC(C3=CC4CC4C=C3)c3ccccc3)CC2)c1. The van der Waals surface area contributed by atoms with Crippen molar-refractivity contribution >= 4 is 5.78 Å². The fourth-order valence-corrected chi connectivity index (χ4v) is 9.23. The second kappa shape index (κ2) is 15.1. The fourth-order valence-electron chi connectivity index (χ4n) is 9.23. The summed E-state index contributed by atoms with van der Waals surface area (Å²) >= 11 is 0. The number of carbonyl (C=O) groups is 1. The number of carbonyl (C=O) groups excluding carboxylic acids is 1. The number of likely N-dealkylation sites (tertiary alicyclic amines) is 1. The van der Waals surface area contributed by atoms with E-state index in [1.165, 1.54) is 56.1 Å². The number of allylic oxidation sites excluding steroid dienone is 7. The third kappa shape index (κ3) is 8.19. The molecule has 0 aromatic heterocycles. The van der Waals surface area contributed by atoms with E-state index >= 15 is 0 Å². The molecule has 8 rings (SSSR count). The Labute approximate surface area is 285 Å². The van der Waals surface area contributed by atoms with Gasteiger partial charge in [0.1, 0.15) is 0 Å². The lowest BCUT2D eigenvalue weighted by Gasteiger charge is -2.32. The van der Waals surface area contributed by atoms with E-state index < -0.39 is 0 Å². The van der Waals surface area contributed by atoms with Crippen LogP contribution in [0, 0.1) is 41.4 Å². The second-order valence-electron chi connectivity index (χ2n) is 15.6. The van der Waals surface area contributed by atoms with Gasteiger partial charge in [-0.05, 0) is 129 Å². The molecule has 2 heteroatoms. The molecule has 0 radical (unpaired) electrons. The molecule has 2 aromatic carbocycles. The molecule has 4 fully saturated rings. The van der Waals surface area contributed by atoms with Gasteiger partial charge in [-0.25, -0.2) is 0 Å². The summed E-state index contributed by atoms with van der Waals surface area (Å²) in [5.74, 6) is 6.27. The number of piperidine rings is 1. The molecule has 1 heterocycles. The van der Waals surface area contributed by atoms with Crippen molar-refractivity contribution in [1.82, 2.24) is 4.90 Å². The highest BCUT2D eigenvalue weighted by Gasteiger charge is 2.40. The van der Waals surface area contributed by atoms with Crippen molar-refractivity contribution in [1.29, 1.82) is 0 Å². The van der Waals surface area contributed by atoms with Crippen LogP contribution in [0.4, 0.5) is 0 Å². The van der Waals surface area contributed by atoms with Crippen molar-refractivity contribution < 1.29 is 4.79 Å². The van der Waals surface area contributed by atoms with E-state index in [9.17, 15) is 4.79 Å². The predicted octanol–water partition coefficient (Wildman–Crippen LogP) is 10.8. The predicted molar refractivity (Wildman–Crippen MR) is 196 cm³/mol. The summed E-state index contributed by atoms with van der Waals surface area (Å²) in [7, 11) is 0. The smallest absolute Gasteiger partial charge is 0.163 e. The monoisotopic (exact) mass is 627 g/mol. The van der Waals surface area contributed by atoms with Gasteiger partial charge in [0.2, 0.25) is 0 Å². The lowest BCUT2D eigenvalue weighted by atomic mass is 9.73. The van der Waals surface area contributed by atoms with Crippen molar-refractivity contribution in [2.75, 3.05) is 19.6 Å². The molecule has 1 aliphatic heterocycles. The molecule has 248 valence electrons. The molecule has 1 saturated heterocycles. The Bertz CT molecular complexity index is 1480. The van der Waals surface area contributed by atoms with E-state index in [2.05, 4.69) is 96.0 Å². The van der Waals surface area contributed by atoms with E-state index in [1.54, 1.807) is 11.1 Å². The van der Waals surface area contributed by atoms with Crippen LogP contribution >= 0.6 is 0 Å². The minimum Gasteiger partial charge on any atom is -0.299 e. The first kappa shape index (κ1) is 32.6. The Morgan fingerprint density at radius 1 is 0.809 bits per heavy atom. The van der Waals surface area contributed by atoms with Crippen molar-refractivity contribution in [2.24, 2.45) is 41.4 Å². The summed E-state index contributed by atoms with van der Waals surface area (Å²) in [6.07, 6.45) is 28.0. The number of nitrogens with zero attached hydrogens (tertiary/aromatic N) is 1. The molecule has 47 heavy (non-hydrogen) atoms. The lowest BCUT2D eigenvalue weighted by Crippen LogP contribution is -2.36. The molecular formula is C45H57NO. The number of Topliss-reactive ketones (excluding diaryl/α,β-unsaturated/α-hetero) is 1. The maximum absolute atomic E-state index is 13.4. The van der Waals surface area contributed by atoms with Gasteiger partial charge in [0.25, 0.3) is 0 Å². The maximum atomic E-state index is 13.4. The molecule has 2 nitrogen and oxygen atoms in total. The summed E-state index contributed by atoms with van der Waals surface area (Å²) in [6, 6.07) is 20.0. The summed E-state index contributed by atoms with van der Waals surface area (Å²) in [5.41, 5.74) is 7.02. The molecule has 5 atom stereocenters. The number of rotatable bonds is 11. The van der Waals surface area contributed by atoms with Crippen molar-refractivity contribution in [3.05, 3.63) is 119 Å². The molecule has 0 bridgehead atoms. The van der Waals surface area contributed by atoms with Gasteiger partial charge in [-0.3, -0.25) is 9.69 Å². The molecule has 0 amide bonds. The fraction of sp³-hybridized carbons (Fsp3) is 0.533. The first-order valence-electron chi connectivity index (χ1n) is 19.3. The number of ketones is 1. The van der Waals surface area contributed by atoms with E-state index in [1.807, 2.05) is 13.8 Å². The molecule has 0 spiro atoms. The number of hydrogen-bond donors (Lipinski definition) is 0. The zero-order valence-corrected chi connectivity index (χ0v) is 29.0. The van der Waals surface area contributed by atoms with Gasteiger partial charge in [0, 0.05) is 24.4 Å². The normalized spacial score (nSPS) is 30.2. The van der Waals surface area contributed by atoms with Gasteiger partial charge in [-0.15, -0.1) is 0 Å². The van der Waals surface area contributed by atoms with Crippen LogP contribution in [-0.2, 0) is 6.42 Å². The van der Waals surface area contributed by atoms with Gasteiger partial charge >= 0.3 is 0 Å². The largest absolute Gasteiger partial charge is 0.299 e. The van der Waals surface area contributed by atoms with Crippen LogP contribution in [0.5, 0.6) is 0 Å². The number of hydrogen-bond acceptors (Lipinski definition) is 2. The molecule has 2 aromatic rings. The van der Waals surface area contributed by atoms with E-state index in [0.717, 1.165) is 80.0 Å². The van der Waals surface area contributed by atoms with Gasteiger partial charge in [0.15, 0.2) is 5.78 Å². The highest BCUT2D eigenvalue weighted by molar-refractivity contribution is 5.96. The maximum Gasteiger partial charge on any atom is 0.163 e. The standard InChI is InChI=1S/C43H51NO.C2H6/c45-43(25-32-18-20-44(21-19-32)29-39-11-5-9-36-28-42(36)39)38-10-4-6-33(23-38)22-30-12-14-31(15-13-30)24-41(34-7-2-1-3-8-34)37-17-16-35-26-40(35)27-37;1-2/h1-11,16-17,23,27,30-32,35-36,40-42H,12-15,18-22,24-26,28-29H2;1-2H3. The van der Waals surface area contributed by atoms with Crippen LogP contribution in [0.25, 0.3) is 0 Å². The topological polar surface area (TPSA) is 20.3 Å². The van der Waals surface area contributed by atoms with Crippen molar-refractivity contribution in [2.45, 2.75) is 90.4 Å². The van der Waals surface area contributed by atoms with Gasteiger partial charge in [-0.1, -0.05) is 117 Å². The van der Waals surface area contributed by atoms with Gasteiger partial charge < -0.3 is 0 Å². The van der Waals surface area contributed by atoms with E-state index in [-0.39, 0.29) is 0 Å². The quantitative estimate of drug-likeness (QED) is 0.231. The van der Waals surface area contributed by atoms with Crippen LogP contribution in [0.15, 0.2) is 102 Å². The van der Waals surface area contributed by atoms with Gasteiger partial charge in [-0.2, -0.15) is 0 Å². The van der Waals surface area contributed by atoms with Gasteiger partial charge in [0.05, 0.1) is 0 Å². The molecule has 5 unspecified atom stereocenters. The highest BCUT2D eigenvalue weighted by Crippen LogP contribution is 2.49. The highest BCUT2D eigenvalue weighted by atomic mass is 16.1. The second-order valence-corrected chi connectivity index (χ2v) is 15.6. The first-order chi connectivity index (χ1) is 23.1.